The number of amides is 1. The summed E-state index contributed by atoms with van der Waals surface area (Å²) in [5, 5.41) is 2.55. The molecule has 5 nitrogen and oxygen atoms in total. The van der Waals surface area contributed by atoms with Crippen molar-refractivity contribution < 1.29 is 23.5 Å². The Bertz CT molecular complexity index is 698. The zero-order valence-corrected chi connectivity index (χ0v) is 13.4. The van der Waals surface area contributed by atoms with E-state index < -0.39 is 23.8 Å². The molecule has 0 radical (unpaired) electrons. The first kappa shape index (κ1) is 17.5. The fourth-order valence-electron chi connectivity index (χ4n) is 1.91. The lowest BCUT2D eigenvalue weighted by Gasteiger charge is -2.13. The molecule has 1 N–H and O–H groups in total. The molecule has 0 saturated heterocycles. The number of nitrogens with one attached hydrogen (secondary N) is 1. The van der Waals surface area contributed by atoms with Crippen LogP contribution in [-0.2, 0) is 9.53 Å². The van der Waals surface area contributed by atoms with Crippen LogP contribution in [-0.4, -0.2) is 24.6 Å². The summed E-state index contributed by atoms with van der Waals surface area (Å²) in [5.74, 6) is -0.861. The van der Waals surface area contributed by atoms with Gasteiger partial charge in [0, 0.05) is 5.69 Å². The van der Waals surface area contributed by atoms with E-state index in [1.54, 1.807) is 24.3 Å². The van der Waals surface area contributed by atoms with E-state index in [1.165, 1.54) is 31.2 Å². The molecule has 0 spiro atoms. The minimum Gasteiger partial charge on any atom is -0.494 e. The minimum atomic E-state index is -0.992. The van der Waals surface area contributed by atoms with Crippen LogP contribution in [0.2, 0.25) is 0 Å². The summed E-state index contributed by atoms with van der Waals surface area (Å²) in [6, 6.07) is 11.8. The number of esters is 1. The smallest absolute Gasteiger partial charge is 0.338 e. The Hall–Kier alpha value is -2.89. The van der Waals surface area contributed by atoms with E-state index in [4.69, 9.17) is 9.47 Å². The van der Waals surface area contributed by atoms with Crippen LogP contribution in [0.5, 0.6) is 5.75 Å². The quantitative estimate of drug-likeness (QED) is 0.824. The molecule has 6 heteroatoms. The molecule has 0 bridgehead atoms. The van der Waals surface area contributed by atoms with E-state index in [9.17, 15) is 14.0 Å². The van der Waals surface area contributed by atoms with E-state index in [0.29, 0.717) is 23.6 Å². The topological polar surface area (TPSA) is 64.6 Å². The second-order valence-electron chi connectivity index (χ2n) is 5.00. The van der Waals surface area contributed by atoms with Crippen LogP contribution in [0.3, 0.4) is 0 Å². The van der Waals surface area contributed by atoms with Crippen molar-refractivity contribution in [3.05, 3.63) is 59.9 Å². The molecule has 0 unspecified atom stereocenters. The summed E-state index contributed by atoms with van der Waals surface area (Å²) < 4.78 is 23.2. The van der Waals surface area contributed by atoms with E-state index in [0.717, 1.165) is 0 Å². The van der Waals surface area contributed by atoms with Gasteiger partial charge >= 0.3 is 5.97 Å². The molecule has 2 rings (SSSR count). The van der Waals surface area contributed by atoms with Gasteiger partial charge in [0.05, 0.1) is 12.2 Å². The monoisotopic (exact) mass is 331 g/mol. The average molecular weight is 331 g/mol. The van der Waals surface area contributed by atoms with Gasteiger partial charge in [0.25, 0.3) is 5.91 Å². The average Bonchev–Trinajstić information content (AvgIpc) is 2.57. The molecule has 0 fully saturated rings. The Balaban J connectivity index is 1.92. The second kappa shape index (κ2) is 8.10. The molecule has 0 aromatic heterocycles. The van der Waals surface area contributed by atoms with Gasteiger partial charge in [-0.05, 0) is 62.4 Å². The third kappa shape index (κ3) is 4.81. The highest BCUT2D eigenvalue weighted by Crippen LogP contribution is 2.14. The summed E-state index contributed by atoms with van der Waals surface area (Å²) in [6.07, 6.45) is -0.992. The van der Waals surface area contributed by atoms with Crippen molar-refractivity contribution in [3.63, 3.8) is 0 Å². The molecule has 0 aliphatic heterocycles. The number of ether oxygens (including phenoxy) is 2. The maximum atomic E-state index is 12.8. The summed E-state index contributed by atoms with van der Waals surface area (Å²) in [7, 11) is 0. The normalized spacial score (nSPS) is 11.5. The molecule has 0 aliphatic carbocycles. The maximum absolute atomic E-state index is 12.8. The van der Waals surface area contributed by atoms with Crippen LogP contribution in [0.25, 0.3) is 0 Å². The highest BCUT2D eigenvalue weighted by atomic mass is 19.1. The summed E-state index contributed by atoms with van der Waals surface area (Å²) in [6.45, 7) is 3.86. The lowest BCUT2D eigenvalue weighted by molar-refractivity contribution is -0.123. The molecular formula is C18H18FNO4. The first-order chi connectivity index (χ1) is 11.5. The number of benzene rings is 2. The van der Waals surface area contributed by atoms with E-state index in [-0.39, 0.29) is 0 Å². The Morgan fingerprint density at radius 2 is 1.71 bits per heavy atom. The van der Waals surface area contributed by atoms with Crippen LogP contribution in [0.1, 0.15) is 24.2 Å². The molecule has 0 heterocycles. The third-order valence-corrected chi connectivity index (χ3v) is 3.17. The molecule has 1 atom stereocenters. The third-order valence-electron chi connectivity index (χ3n) is 3.17. The van der Waals surface area contributed by atoms with Crippen LogP contribution < -0.4 is 10.1 Å². The Labute approximate surface area is 139 Å². The van der Waals surface area contributed by atoms with Gasteiger partial charge in [-0.2, -0.15) is 0 Å². The maximum Gasteiger partial charge on any atom is 0.338 e. The predicted molar refractivity (Wildman–Crippen MR) is 87.5 cm³/mol. The van der Waals surface area contributed by atoms with Crippen molar-refractivity contribution in [2.75, 3.05) is 11.9 Å². The van der Waals surface area contributed by atoms with E-state index in [2.05, 4.69) is 5.32 Å². The SMILES string of the molecule is CCOc1ccc(C(=O)O[C@@H](C)C(=O)Nc2ccc(F)cc2)cc1. The highest BCUT2D eigenvalue weighted by molar-refractivity contribution is 5.97. The van der Waals surface area contributed by atoms with Gasteiger partial charge in [-0.15, -0.1) is 0 Å². The molecule has 1 amide bonds. The number of rotatable bonds is 6. The molecule has 24 heavy (non-hydrogen) atoms. The Morgan fingerprint density at radius 3 is 2.29 bits per heavy atom. The second-order valence-corrected chi connectivity index (χ2v) is 5.00. The molecule has 126 valence electrons. The first-order valence-corrected chi connectivity index (χ1v) is 7.50. The van der Waals surface area contributed by atoms with Gasteiger partial charge in [0.2, 0.25) is 0 Å². The predicted octanol–water partition coefficient (Wildman–Crippen LogP) is 3.41. The fraction of sp³-hybridized carbons (Fsp3) is 0.222. The van der Waals surface area contributed by atoms with Crippen molar-refractivity contribution in [1.82, 2.24) is 0 Å². The van der Waals surface area contributed by atoms with Gasteiger partial charge in [-0.25, -0.2) is 9.18 Å². The number of anilines is 1. The molecule has 0 saturated carbocycles. The largest absolute Gasteiger partial charge is 0.494 e. The van der Waals surface area contributed by atoms with Gasteiger partial charge in [-0.3, -0.25) is 4.79 Å². The van der Waals surface area contributed by atoms with Crippen molar-refractivity contribution in [3.8, 4) is 5.75 Å². The van der Waals surface area contributed by atoms with Crippen LogP contribution in [0.15, 0.2) is 48.5 Å². The van der Waals surface area contributed by atoms with Gasteiger partial charge in [0.1, 0.15) is 11.6 Å². The Morgan fingerprint density at radius 1 is 1.08 bits per heavy atom. The zero-order valence-electron chi connectivity index (χ0n) is 13.4. The highest BCUT2D eigenvalue weighted by Gasteiger charge is 2.19. The van der Waals surface area contributed by atoms with Crippen molar-refractivity contribution in [2.24, 2.45) is 0 Å². The number of halogens is 1. The fourth-order valence-corrected chi connectivity index (χ4v) is 1.91. The summed E-state index contributed by atoms with van der Waals surface area (Å²) in [4.78, 5) is 24.0. The molecular weight excluding hydrogens is 313 g/mol. The molecule has 2 aromatic rings. The van der Waals surface area contributed by atoms with E-state index in [1.807, 2.05) is 6.92 Å². The van der Waals surface area contributed by atoms with Crippen LogP contribution >= 0.6 is 0 Å². The van der Waals surface area contributed by atoms with Gasteiger partial charge in [0.15, 0.2) is 6.10 Å². The van der Waals surface area contributed by atoms with Crippen LogP contribution in [0, 0.1) is 5.82 Å². The minimum absolute atomic E-state index is 0.319. The number of carbonyl (C=O) groups is 2. The van der Waals surface area contributed by atoms with Crippen molar-refractivity contribution in [1.29, 1.82) is 0 Å². The lowest BCUT2D eigenvalue weighted by atomic mass is 10.2. The number of hydrogen-bond acceptors (Lipinski definition) is 4. The molecule has 0 aliphatic rings. The standard InChI is InChI=1S/C18H18FNO4/c1-3-23-16-10-4-13(5-11-16)18(22)24-12(2)17(21)20-15-8-6-14(19)7-9-15/h4-12H,3H2,1-2H3,(H,20,21)/t12-/m0/s1. The lowest BCUT2D eigenvalue weighted by Crippen LogP contribution is -2.30. The van der Waals surface area contributed by atoms with Gasteiger partial charge in [-0.1, -0.05) is 0 Å². The number of carbonyl (C=O) groups excluding carboxylic acids is 2. The number of hydrogen-bond donors (Lipinski definition) is 1. The van der Waals surface area contributed by atoms with Crippen molar-refractivity contribution in [2.45, 2.75) is 20.0 Å². The van der Waals surface area contributed by atoms with Gasteiger partial charge < -0.3 is 14.8 Å². The summed E-state index contributed by atoms with van der Waals surface area (Å²) in [5.41, 5.74) is 0.741. The molecule has 2 aromatic carbocycles. The Kier molecular flexibility index (Phi) is 5.89. The first-order valence-electron chi connectivity index (χ1n) is 7.50. The van der Waals surface area contributed by atoms with E-state index >= 15 is 0 Å². The van der Waals surface area contributed by atoms with Crippen LogP contribution in [0.4, 0.5) is 10.1 Å². The zero-order chi connectivity index (χ0) is 17.5. The van der Waals surface area contributed by atoms with Crippen molar-refractivity contribution >= 4 is 17.6 Å². The summed E-state index contributed by atoms with van der Waals surface area (Å²) >= 11 is 0.